The number of sulfonamides is 1. The van der Waals surface area contributed by atoms with Crippen molar-refractivity contribution in [1.29, 1.82) is 0 Å². The van der Waals surface area contributed by atoms with Crippen LogP contribution in [0.15, 0.2) is 35.2 Å². The fraction of sp³-hybridized carbons (Fsp3) is 0.435. The van der Waals surface area contributed by atoms with Crippen LogP contribution in [0.3, 0.4) is 0 Å². The molecule has 0 saturated carbocycles. The van der Waals surface area contributed by atoms with Gasteiger partial charge in [0.25, 0.3) is 0 Å². The molecule has 5 nitrogen and oxygen atoms in total. The topological polar surface area (TPSA) is 66.5 Å². The molecule has 1 saturated heterocycles. The lowest BCUT2D eigenvalue weighted by Gasteiger charge is -2.31. The van der Waals surface area contributed by atoms with E-state index in [2.05, 4.69) is 5.32 Å². The number of rotatable bonds is 4. The molecule has 0 atom stereocenters. The van der Waals surface area contributed by atoms with Crippen molar-refractivity contribution in [1.82, 2.24) is 4.31 Å². The van der Waals surface area contributed by atoms with Crippen molar-refractivity contribution in [3.63, 3.8) is 0 Å². The Kier molecular flexibility index (Phi) is 6.15. The van der Waals surface area contributed by atoms with E-state index in [0.717, 1.165) is 33.5 Å². The Hall–Kier alpha value is -2.18. The molecule has 0 spiro atoms. The fourth-order valence-corrected chi connectivity index (χ4v) is 6.13. The van der Waals surface area contributed by atoms with Crippen molar-refractivity contribution >= 4 is 21.6 Å². The van der Waals surface area contributed by atoms with Gasteiger partial charge in [0.15, 0.2) is 0 Å². The van der Waals surface area contributed by atoms with E-state index in [-0.39, 0.29) is 11.8 Å². The summed E-state index contributed by atoms with van der Waals surface area (Å²) in [4.78, 5) is 13.1. The number of nitrogens with one attached hydrogen (secondary N) is 1. The maximum absolute atomic E-state index is 13.2. The smallest absolute Gasteiger partial charge is 0.243 e. The molecule has 3 rings (SSSR count). The van der Waals surface area contributed by atoms with E-state index >= 15 is 0 Å². The second-order valence-corrected chi connectivity index (χ2v) is 10.1. The van der Waals surface area contributed by atoms with E-state index in [0.29, 0.717) is 30.8 Å². The molecule has 6 heteroatoms. The number of anilines is 1. The van der Waals surface area contributed by atoms with Crippen LogP contribution < -0.4 is 5.32 Å². The Morgan fingerprint density at radius 1 is 0.897 bits per heavy atom. The van der Waals surface area contributed by atoms with Gasteiger partial charge in [-0.3, -0.25) is 4.79 Å². The first-order valence-corrected chi connectivity index (χ1v) is 11.5. The highest BCUT2D eigenvalue weighted by molar-refractivity contribution is 7.89. The Morgan fingerprint density at radius 2 is 1.45 bits per heavy atom. The lowest BCUT2D eigenvalue weighted by Crippen LogP contribution is -2.41. The van der Waals surface area contributed by atoms with E-state index in [1.54, 1.807) is 0 Å². The van der Waals surface area contributed by atoms with Crippen molar-refractivity contribution in [2.75, 3.05) is 18.4 Å². The summed E-state index contributed by atoms with van der Waals surface area (Å²) >= 11 is 0. The van der Waals surface area contributed by atoms with Crippen LogP contribution in [0, 0.1) is 40.5 Å². The summed E-state index contributed by atoms with van der Waals surface area (Å²) in [5.41, 5.74) is 5.61. The molecule has 1 aliphatic rings. The standard InChI is InChI=1S/C23H30N2O3S/c1-15-6-7-21(17(3)12-15)24-23(26)20-8-10-25(11-9-20)29(27,28)22-18(4)13-16(2)14-19(22)5/h6-7,12-14,20H,8-11H2,1-5H3,(H,24,26). The summed E-state index contributed by atoms with van der Waals surface area (Å²) in [6.07, 6.45) is 1.06. The van der Waals surface area contributed by atoms with Gasteiger partial charge in [0.05, 0.1) is 4.90 Å². The highest BCUT2D eigenvalue weighted by Crippen LogP contribution is 2.29. The normalized spacial score (nSPS) is 16.0. The predicted molar refractivity (Wildman–Crippen MR) is 117 cm³/mol. The number of benzene rings is 2. The van der Waals surface area contributed by atoms with Crippen molar-refractivity contribution in [3.8, 4) is 0 Å². The molecule has 0 aromatic heterocycles. The van der Waals surface area contributed by atoms with Gasteiger partial charge in [-0.2, -0.15) is 4.31 Å². The van der Waals surface area contributed by atoms with E-state index in [9.17, 15) is 13.2 Å². The molecule has 2 aromatic rings. The zero-order valence-corrected chi connectivity index (χ0v) is 18.7. The minimum Gasteiger partial charge on any atom is -0.326 e. The van der Waals surface area contributed by atoms with Crippen LogP contribution in [0.1, 0.15) is 40.7 Å². The molecule has 2 aromatic carbocycles. The first kappa shape index (κ1) is 21.5. The fourth-order valence-electron chi connectivity index (χ4n) is 4.25. The minimum absolute atomic E-state index is 0.0308. The first-order chi connectivity index (χ1) is 13.6. The predicted octanol–water partition coefficient (Wildman–Crippen LogP) is 4.27. The quantitative estimate of drug-likeness (QED) is 0.812. The molecule has 1 fully saturated rings. The number of carbonyl (C=O) groups is 1. The van der Waals surface area contributed by atoms with Crippen LogP contribution in [0.5, 0.6) is 0 Å². The zero-order chi connectivity index (χ0) is 21.3. The van der Waals surface area contributed by atoms with Crippen LogP contribution in [0.2, 0.25) is 0 Å². The number of carbonyl (C=O) groups excluding carboxylic acids is 1. The molecular weight excluding hydrogens is 384 g/mol. The summed E-state index contributed by atoms with van der Waals surface area (Å²) < 4.78 is 27.9. The molecule has 0 aliphatic carbocycles. The van der Waals surface area contributed by atoms with Gasteiger partial charge in [-0.05, 0) is 70.2 Å². The Morgan fingerprint density at radius 3 is 2.00 bits per heavy atom. The molecule has 0 radical (unpaired) electrons. The number of hydrogen-bond donors (Lipinski definition) is 1. The van der Waals surface area contributed by atoms with Crippen molar-refractivity contribution in [3.05, 3.63) is 58.1 Å². The average molecular weight is 415 g/mol. The van der Waals surface area contributed by atoms with Gasteiger partial charge in [-0.25, -0.2) is 8.42 Å². The summed E-state index contributed by atoms with van der Waals surface area (Å²) in [6.45, 7) is 10.4. The highest BCUT2D eigenvalue weighted by atomic mass is 32.2. The number of aryl methyl sites for hydroxylation is 5. The number of nitrogens with zero attached hydrogens (tertiary/aromatic N) is 1. The maximum Gasteiger partial charge on any atom is 0.243 e. The molecular formula is C23H30N2O3S. The molecule has 0 unspecified atom stereocenters. The Bertz CT molecular complexity index is 1010. The van der Waals surface area contributed by atoms with Crippen molar-refractivity contribution < 1.29 is 13.2 Å². The molecule has 1 aliphatic heterocycles. The second-order valence-electron chi connectivity index (χ2n) is 8.21. The number of piperidine rings is 1. The van der Waals surface area contributed by atoms with Gasteiger partial charge in [0.1, 0.15) is 0 Å². The van der Waals surface area contributed by atoms with Gasteiger partial charge < -0.3 is 5.32 Å². The minimum atomic E-state index is -3.56. The number of amides is 1. The van der Waals surface area contributed by atoms with Gasteiger partial charge in [0.2, 0.25) is 15.9 Å². The number of hydrogen-bond acceptors (Lipinski definition) is 3. The summed E-state index contributed by atoms with van der Waals surface area (Å²) in [6, 6.07) is 9.75. The highest BCUT2D eigenvalue weighted by Gasteiger charge is 2.33. The zero-order valence-electron chi connectivity index (χ0n) is 17.9. The SMILES string of the molecule is Cc1ccc(NC(=O)C2CCN(S(=O)(=O)c3c(C)cc(C)cc3C)CC2)c(C)c1. The third-order valence-electron chi connectivity index (χ3n) is 5.67. The largest absolute Gasteiger partial charge is 0.326 e. The van der Waals surface area contributed by atoms with Crippen LogP contribution in [0.25, 0.3) is 0 Å². The van der Waals surface area contributed by atoms with E-state index < -0.39 is 10.0 Å². The van der Waals surface area contributed by atoms with Crippen molar-refractivity contribution in [2.24, 2.45) is 5.92 Å². The third kappa shape index (κ3) is 4.54. The van der Waals surface area contributed by atoms with Gasteiger partial charge in [-0.15, -0.1) is 0 Å². The molecule has 1 N–H and O–H groups in total. The average Bonchev–Trinajstić information content (AvgIpc) is 2.63. The lowest BCUT2D eigenvalue weighted by atomic mass is 9.97. The molecule has 1 heterocycles. The van der Waals surface area contributed by atoms with Crippen LogP contribution in [-0.2, 0) is 14.8 Å². The first-order valence-electron chi connectivity index (χ1n) is 10.1. The van der Waals surface area contributed by atoms with E-state index in [1.165, 1.54) is 4.31 Å². The molecule has 1 amide bonds. The van der Waals surface area contributed by atoms with Gasteiger partial charge in [-0.1, -0.05) is 35.4 Å². The summed E-state index contributed by atoms with van der Waals surface area (Å²) in [7, 11) is -3.56. The van der Waals surface area contributed by atoms with E-state index in [1.807, 2.05) is 65.0 Å². The molecule has 29 heavy (non-hydrogen) atoms. The molecule has 156 valence electrons. The maximum atomic E-state index is 13.2. The third-order valence-corrected chi connectivity index (χ3v) is 7.87. The van der Waals surface area contributed by atoms with Gasteiger partial charge in [0, 0.05) is 24.7 Å². The molecule has 0 bridgehead atoms. The van der Waals surface area contributed by atoms with Crippen molar-refractivity contribution in [2.45, 2.75) is 52.4 Å². The Labute approximate surface area is 174 Å². The summed E-state index contributed by atoms with van der Waals surface area (Å²) in [5.74, 6) is -0.209. The second kappa shape index (κ2) is 8.28. The van der Waals surface area contributed by atoms with E-state index in [4.69, 9.17) is 0 Å². The van der Waals surface area contributed by atoms with Crippen LogP contribution in [0.4, 0.5) is 5.69 Å². The lowest BCUT2D eigenvalue weighted by molar-refractivity contribution is -0.120. The summed E-state index contributed by atoms with van der Waals surface area (Å²) in [5, 5.41) is 3.01. The Balaban J connectivity index is 1.69. The monoisotopic (exact) mass is 414 g/mol. The van der Waals surface area contributed by atoms with Crippen LogP contribution in [-0.4, -0.2) is 31.7 Å². The van der Waals surface area contributed by atoms with Crippen LogP contribution >= 0.6 is 0 Å². The van der Waals surface area contributed by atoms with Gasteiger partial charge >= 0.3 is 0 Å².